The molecule has 3 aromatic rings. The molecule has 194 valence electrons. The number of carbonyl (C=O) groups excluding carboxylic acids is 3. The second-order valence-electron chi connectivity index (χ2n) is 8.93. The molecule has 3 aromatic carbocycles. The Hall–Kier alpha value is -4.00. The first-order valence-corrected chi connectivity index (χ1v) is 13.0. The van der Waals surface area contributed by atoms with Crippen LogP contribution in [-0.2, 0) is 9.59 Å². The van der Waals surface area contributed by atoms with Crippen LogP contribution in [0.1, 0.15) is 74.2 Å². The molecule has 7 nitrogen and oxygen atoms in total. The minimum Gasteiger partial charge on any atom is -0.423 e. The average Bonchev–Trinajstić information content (AvgIpc) is 2.92. The Morgan fingerprint density at radius 3 is 2.30 bits per heavy atom. The maximum absolute atomic E-state index is 12.7. The van der Waals surface area contributed by atoms with E-state index in [9.17, 15) is 14.4 Å². The number of nitrogens with zero attached hydrogens (tertiary/aromatic N) is 1. The van der Waals surface area contributed by atoms with Gasteiger partial charge in [0.15, 0.2) is 0 Å². The van der Waals surface area contributed by atoms with Gasteiger partial charge in [0.1, 0.15) is 5.75 Å². The van der Waals surface area contributed by atoms with Crippen molar-refractivity contribution in [2.45, 2.75) is 58.3 Å². The van der Waals surface area contributed by atoms with Crippen LogP contribution in [0.2, 0.25) is 0 Å². The van der Waals surface area contributed by atoms with E-state index < -0.39 is 11.9 Å². The van der Waals surface area contributed by atoms with Crippen LogP contribution in [0, 0.1) is 0 Å². The second kappa shape index (κ2) is 15.2. The van der Waals surface area contributed by atoms with Gasteiger partial charge in [-0.2, -0.15) is 5.10 Å². The number of esters is 1. The van der Waals surface area contributed by atoms with Crippen molar-refractivity contribution < 1.29 is 19.1 Å². The molecule has 0 fully saturated rings. The van der Waals surface area contributed by atoms with E-state index in [-0.39, 0.29) is 12.5 Å². The molecule has 3 rings (SSSR count). The van der Waals surface area contributed by atoms with E-state index in [1.165, 1.54) is 31.9 Å². The van der Waals surface area contributed by atoms with Crippen LogP contribution in [0.5, 0.6) is 5.75 Å². The third-order valence-electron chi connectivity index (χ3n) is 5.96. The van der Waals surface area contributed by atoms with Gasteiger partial charge >= 0.3 is 5.97 Å². The summed E-state index contributed by atoms with van der Waals surface area (Å²) in [4.78, 5) is 36.5. The van der Waals surface area contributed by atoms with E-state index in [4.69, 9.17) is 4.74 Å². The fourth-order valence-electron chi connectivity index (χ4n) is 3.92. The predicted molar refractivity (Wildman–Crippen MR) is 147 cm³/mol. The number of benzene rings is 3. The minimum atomic E-state index is -0.431. The summed E-state index contributed by atoms with van der Waals surface area (Å²) in [5.74, 6) is -0.548. The fraction of sp³-hybridized carbons (Fsp3) is 0.333. The Labute approximate surface area is 218 Å². The zero-order chi connectivity index (χ0) is 26.3. The number of nitrogens with one attached hydrogen (secondary N) is 2. The highest BCUT2D eigenvalue weighted by molar-refractivity contribution is 6.05. The van der Waals surface area contributed by atoms with Crippen LogP contribution in [0.25, 0.3) is 10.8 Å². The lowest BCUT2D eigenvalue weighted by molar-refractivity contribution is -0.126. The first-order chi connectivity index (χ1) is 18.1. The molecule has 0 aliphatic rings. The number of fused-ring (bicyclic) bond motifs is 1. The van der Waals surface area contributed by atoms with Crippen molar-refractivity contribution in [1.29, 1.82) is 0 Å². The molecule has 0 radical (unpaired) electrons. The molecule has 0 aliphatic heterocycles. The third kappa shape index (κ3) is 9.52. The zero-order valence-electron chi connectivity index (χ0n) is 21.4. The molecular formula is C30H35N3O4. The summed E-state index contributed by atoms with van der Waals surface area (Å²) in [7, 11) is 0. The number of hydrogen-bond donors (Lipinski definition) is 2. The number of carbonyl (C=O) groups is 3. The van der Waals surface area contributed by atoms with Crippen LogP contribution in [-0.4, -0.2) is 30.5 Å². The van der Waals surface area contributed by atoms with E-state index >= 15 is 0 Å². The molecule has 0 atom stereocenters. The predicted octanol–water partition coefficient (Wildman–Crippen LogP) is 5.77. The standard InChI is InChI=1S/C30H35N3O4/c1-2-3-4-5-6-7-8-16-28(34)31-22-29(35)33-32-21-23-17-19-25(20-18-23)37-30(36)27-15-11-13-24-12-9-10-14-26(24)27/h9-15,17-21H,2-8,16,22H2,1H3,(H,31,34)(H,33,35)/b32-21+. The van der Waals surface area contributed by atoms with Crippen LogP contribution >= 0.6 is 0 Å². The SMILES string of the molecule is CCCCCCCCCC(=O)NCC(=O)N/N=C/c1ccc(OC(=O)c2cccc3ccccc23)cc1. The quantitative estimate of drug-likeness (QED) is 0.0964. The smallest absolute Gasteiger partial charge is 0.344 e. The third-order valence-corrected chi connectivity index (χ3v) is 5.96. The molecule has 0 heterocycles. The Bertz CT molecular complexity index is 1200. The van der Waals surface area contributed by atoms with E-state index in [0.29, 0.717) is 23.3 Å². The monoisotopic (exact) mass is 501 g/mol. The topological polar surface area (TPSA) is 96.9 Å². The van der Waals surface area contributed by atoms with Gasteiger partial charge in [0.25, 0.3) is 5.91 Å². The molecule has 0 bridgehead atoms. The van der Waals surface area contributed by atoms with Gasteiger partial charge in [-0.05, 0) is 53.1 Å². The lowest BCUT2D eigenvalue weighted by Crippen LogP contribution is -2.34. The molecule has 0 spiro atoms. The van der Waals surface area contributed by atoms with Gasteiger partial charge < -0.3 is 10.1 Å². The lowest BCUT2D eigenvalue weighted by atomic mass is 10.0. The van der Waals surface area contributed by atoms with Gasteiger partial charge in [-0.3, -0.25) is 9.59 Å². The van der Waals surface area contributed by atoms with E-state index in [0.717, 1.165) is 30.0 Å². The number of ether oxygens (including phenoxy) is 1. The Morgan fingerprint density at radius 2 is 1.51 bits per heavy atom. The van der Waals surface area contributed by atoms with Crippen molar-refractivity contribution in [3.8, 4) is 5.75 Å². The summed E-state index contributed by atoms with van der Waals surface area (Å²) in [5, 5.41) is 8.35. The Morgan fingerprint density at radius 1 is 0.811 bits per heavy atom. The highest BCUT2D eigenvalue weighted by atomic mass is 16.5. The van der Waals surface area contributed by atoms with Crippen LogP contribution < -0.4 is 15.5 Å². The van der Waals surface area contributed by atoms with Crippen LogP contribution in [0.15, 0.2) is 71.8 Å². The average molecular weight is 502 g/mol. The van der Waals surface area contributed by atoms with Crippen molar-refractivity contribution in [3.05, 3.63) is 77.9 Å². The number of rotatable bonds is 14. The van der Waals surface area contributed by atoms with Crippen molar-refractivity contribution in [3.63, 3.8) is 0 Å². The molecule has 2 N–H and O–H groups in total. The Balaban J connectivity index is 1.36. The van der Waals surface area contributed by atoms with Gasteiger partial charge in [0.2, 0.25) is 5.91 Å². The first kappa shape index (κ1) is 27.6. The summed E-state index contributed by atoms with van der Waals surface area (Å²) < 4.78 is 5.52. The second-order valence-corrected chi connectivity index (χ2v) is 8.93. The summed E-state index contributed by atoms with van der Waals surface area (Å²) in [6.07, 6.45) is 9.91. The maximum atomic E-state index is 12.7. The normalized spacial score (nSPS) is 10.9. The Kier molecular flexibility index (Phi) is 11.3. The van der Waals surface area contributed by atoms with Crippen molar-refractivity contribution in [2.75, 3.05) is 6.54 Å². The number of unbranched alkanes of at least 4 members (excludes halogenated alkanes) is 6. The molecule has 0 aromatic heterocycles. The highest BCUT2D eigenvalue weighted by Gasteiger charge is 2.12. The zero-order valence-corrected chi connectivity index (χ0v) is 21.4. The summed E-state index contributed by atoms with van der Waals surface area (Å²) in [5.41, 5.74) is 3.62. The van der Waals surface area contributed by atoms with E-state index in [2.05, 4.69) is 22.8 Å². The number of amides is 2. The molecule has 37 heavy (non-hydrogen) atoms. The number of hydrazone groups is 1. The van der Waals surface area contributed by atoms with Gasteiger partial charge in [0, 0.05) is 6.42 Å². The van der Waals surface area contributed by atoms with Gasteiger partial charge in [-0.15, -0.1) is 0 Å². The highest BCUT2D eigenvalue weighted by Crippen LogP contribution is 2.21. The first-order valence-electron chi connectivity index (χ1n) is 13.0. The van der Waals surface area contributed by atoms with Crippen molar-refractivity contribution in [1.82, 2.24) is 10.7 Å². The number of hydrogen-bond acceptors (Lipinski definition) is 5. The van der Waals surface area contributed by atoms with Gasteiger partial charge in [-0.25, -0.2) is 10.2 Å². The molecule has 0 saturated carbocycles. The molecule has 7 heteroatoms. The summed E-state index contributed by atoms with van der Waals surface area (Å²) in [6.45, 7) is 2.08. The van der Waals surface area contributed by atoms with E-state index in [1.54, 1.807) is 30.3 Å². The fourth-order valence-corrected chi connectivity index (χ4v) is 3.92. The lowest BCUT2D eigenvalue weighted by Gasteiger charge is -2.07. The van der Waals surface area contributed by atoms with Crippen molar-refractivity contribution in [2.24, 2.45) is 5.10 Å². The maximum Gasteiger partial charge on any atom is 0.344 e. The van der Waals surface area contributed by atoms with Crippen LogP contribution in [0.3, 0.4) is 0 Å². The molecule has 2 amide bonds. The molecule has 0 saturated heterocycles. The van der Waals surface area contributed by atoms with E-state index in [1.807, 2.05) is 36.4 Å². The largest absolute Gasteiger partial charge is 0.423 e. The summed E-state index contributed by atoms with van der Waals surface area (Å²) in [6, 6.07) is 20.0. The van der Waals surface area contributed by atoms with Crippen molar-refractivity contribution >= 4 is 34.8 Å². The summed E-state index contributed by atoms with van der Waals surface area (Å²) >= 11 is 0. The van der Waals surface area contributed by atoms with Gasteiger partial charge in [-0.1, -0.05) is 81.8 Å². The molecule has 0 aliphatic carbocycles. The molecular weight excluding hydrogens is 466 g/mol. The minimum absolute atomic E-state index is 0.115. The van der Waals surface area contributed by atoms with Crippen LogP contribution in [0.4, 0.5) is 0 Å². The molecule has 0 unspecified atom stereocenters. The van der Waals surface area contributed by atoms with Gasteiger partial charge in [0.05, 0.1) is 18.3 Å².